The third kappa shape index (κ3) is 2.10. The Labute approximate surface area is 86.0 Å². The summed E-state index contributed by atoms with van der Waals surface area (Å²) in [6.45, 7) is 2.43. The van der Waals surface area contributed by atoms with Crippen LogP contribution in [-0.2, 0) is 6.54 Å². The van der Waals surface area contributed by atoms with Crippen molar-refractivity contribution in [2.75, 3.05) is 0 Å². The second kappa shape index (κ2) is 3.67. The van der Waals surface area contributed by atoms with Gasteiger partial charge in [-0.05, 0) is 19.8 Å². The minimum absolute atomic E-state index is 0.359. The predicted molar refractivity (Wildman–Crippen MR) is 53.7 cm³/mol. The van der Waals surface area contributed by atoms with Crippen molar-refractivity contribution in [1.29, 1.82) is 0 Å². The van der Waals surface area contributed by atoms with Gasteiger partial charge in [0.05, 0.1) is 5.69 Å². The Balaban J connectivity index is 2.02. The molecule has 0 saturated heterocycles. The van der Waals surface area contributed by atoms with Crippen molar-refractivity contribution in [3.8, 4) is 0 Å². The fourth-order valence-corrected chi connectivity index (χ4v) is 2.10. The fraction of sp³-hybridized carbons (Fsp3) is 0.556. The average molecular weight is 212 g/mol. The topological polar surface area (TPSA) is 62.2 Å². The first-order valence-corrected chi connectivity index (χ1v) is 5.41. The summed E-state index contributed by atoms with van der Waals surface area (Å²) in [5.41, 5.74) is 0.620. The number of carbonyl (C=O) groups is 1. The number of rotatable bonds is 4. The van der Waals surface area contributed by atoms with Crippen LogP contribution in [0.25, 0.3) is 0 Å². The van der Waals surface area contributed by atoms with Crippen molar-refractivity contribution in [3.05, 3.63) is 15.6 Å². The molecule has 0 spiro atoms. The molecule has 2 N–H and O–H groups in total. The highest BCUT2D eigenvalue weighted by Gasteiger charge is 2.21. The van der Waals surface area contributed by atoms with Gasteiger partial charge in [0.25, 0.3) is 0 Å². The number of aromatic nitrogens is 1. The summed E-state index contributed by atoms with van der Waals surface area (Å²) in [4.78, 5) is 15.3. The molecule has 1 saturated carbocycles. The molecule has 1 aliphatic rings. The standard InChI is InChI=1S/C9H12N2O2S/c1-5-8(9(12)13)14-7(11-5)4-10-6-2-3-6/h6,10H,2-4H2,1H3,(H,12,13). The van der Waals surface area contributed by atoms with Crippen molar-refractivity contribution >= 4 is 17.3 Å². The molecular formula is C9H12N2O2S. The molecule has 76 valence electrons. The summed E-state index contributed by atoms with van der Waals surface area (Å²) in [6, 6.07) is 0.632. The normalized spacial score (nSPS) is 15.8. The Hall–Kier alpha value is -0.940. The van der Waals surface area contributed by atoms with Crippen LogP contribution >= 0.6 is 11.3 Å². The monoisotopic (exact) mass is 212 g/mol. The van der Waals surface area contributed by atoms with E-state index in [1.807, 2.05) is 0 Å². The number of carboxylic acid groups (broad SMARTS) is 1. The van der Waals surface area contributed by atoms with E-state index < -0.39 is 5.97 Å². The lowest BCUT2D eigenvalue weighted by molar-refractivity contribution is 0.0701. The smallest absolute Gasteiger partial charge is 0.347 e. The highest BCUT2D eigenvalue weighted by atomic mass is 32.1. The zero-order chi connectivity index (χ0) is 10.1. The zero-order valence-corrected chi connectivity index (χ0v) is 8.73. The van der Waals surface area contributed by atoms with Gasteiger partial charge >= 0.3 is 5.97 Å². The van der Waals surface area contributed by atoms with Crippen LogP contribution in [-0.4, -0.2) is 22.1 Å². The second-order valence-electron chi connectivity index (χ2n) is 3.48. The van der Waals surface area contributed by atoms with Gasteiger partial charge in [-0.15, -0.1) is 11.3 Å². The van der Waals surface area contributed by atoms with E-state index in [1.165, 1.54) is 24.2 Å². The van der Waals surface area contributed by atoms with Gasteiger partial charge in [0, 0.05) is 12.6 Å². The van der Waals surface area contributed by atoms with Crippen molar-refractivity contribution in [3.63, 3.8) is 0 Å². The molecule has 0 atom stereocenters. The number of hydrogen-bond donors (Lipinski definition) is 2. The van der Waals surface area contributed by atoms with E-state index in [1.54, 1.807) is 6.92 Å². The van der Waals surface area contributed by atoms with Gasteiger partial charge in [0.15, 0.2) is 0 Å². The van der Waals surface area contributed by atoms with E-state index >= 15 is 0 Å². The Morgan fingerprint density at radius 1 is 1.71 bits per heavy atom. The fourth-order valence-electron chi connectivity index (χ4n) is 1.25. The number of aromatic carboxylic acids is 1. The summed E-state index contributed by atoms with van der Waals surface area (Å²) < 4.78 is 0. The Kier molecular flexibility index (Phi) is 2.52. The lowest BCUT2D eigenvalue weighted by Gasteiger charge is -1.96. The van der Waals surface area contributed by atoms with E-state index in [4.69, 9.17) is 5.11 Å². The number of hydrogen-bond acceptors (Lipinski definition) is 4. The maximum absolute atomic E-state index is 10.7. The van der Waals surface area contributed by atoms with Gasteiger partial charge in [-0.1, -0.05) is 0 Å². The van der Waals surface area contributed by atoms with Crippen molar-refractivity contribution in [2.45, 2.75) is 32.4 Å². The molecule has 1 fully saturated rings. The van der Waals surface area contributed by atoms with E-state index in [-0.39, 0.29) is 0 Å². The molecule has 0 radical (unpaired) electrons. The van der Waals surface area contributed by atoms with Crippen LogP contribution < -0.4 is 5.32 Å². The molecule has 1 aliphatic carbocycles. The molecule has 4 nitrogen and oxygen atoms in total. The molecule has 1 heterocycles. The number of nitrogens with one attached hydrogen (secondary N) is 1. The summed E-state index contributed by atoms with van der Waals surface area (Å²) in [5.74, 6) is -0.877. The van der Waals surface area contributed by atoms with Gasteiger partial charge in [-0.2, -0.15) is 0 Å². The zero-order valence-electron chi connectivity index (χ0n) is 7.91. The van der Waals surface area contributed by atoms with E-state index in [0.717, 1.165) is 5.01 Å². The predicted octanol–water partition coefficient (Wildman–Crippen LogP) is 1.40. The maximum atomic E-state index is 10.7. The van der Waals surface area contributed by atoms with Gasteiger partial charge in [-0.25, -0.2) is 9.78 Å². The van der Waals surface area contributed by atoms with E-state index in [2.05, 4.69) is 10.3 Å². The molecule has 1 aromatic rings. The minimum atomic E-state index is -0.877. The second-order valence-corrected chi connectivity index (χ2v) is 4.57. The third-order valence-corrected chi connectivity index (χ3v) is 3.30. The van der Waals surface area contributed by atoms with Gasteiger partial charge in [0.1, 0.15) is 9.88 Å². The molecule has 0 amide bonds. The highest BCUT2D eigenvalue weighted by molar-refractivity contribution is 7.13. The first-order valence-electron chi connectivity index (χ1n) is 4.60. The number of thiazole rings is 1. The van der Waals surface area contributed by atoms with Crippen LogP contribution in [0.4, 0.5) is 0 Å². The van der Waals surface area contributed by atoms with Crippen molar-refractivity contribution in [2.24, 2.45) is 0 Å². The van der Waals surface area contributed by atoms with Crippen LogP contribution in [0.15, 0.2) is 0 Å². The molecule has 5 heteroatoms. The van der Waals surface area contributed by atoms with Crippen LogP contribution in [0.2, 0.25) is 0 Å². The van der Waals surface area contributed by atoms with Crippen LogP contribution in [0.3, 0.4) is 0 Å². The first-order chi connectivity index (χ1) is 6.66. The number of nitrogens with zero attached hydrogens (tertiary/aromatic N) is 1. The molecule has 14 heavy (non-hydrogen) atoms. The molecule has 0 aliphatic heterocycles. The van der Waals surface area contributed by atoms with Crippen molar-refractivity contribution < 1.29 is 9.90 Å². The van der Waals surface area contributed by atoms with Crippen LogP contribution in [0, 0.1) is 6.92 Å². The maximum Gasteiger partial charge on any atom is 0.347 e. The molecule has 0 unspecified atom stereocenters. The summed E-state index contributed by atoms with van der Waals surface area (Å²) in [5, 5.41) is 13.0. The quantitative estimate of drug-likeness (QED) is 0.792. The summed E-state index contributed by atoms with van der Waals surface area (Å²) >= 11 is 1.26. The lowest BCUT2D eigenvalue weighted by atomic mass is 10.4. The Morgan fingerprint density at radius 3 is 2.93 bits per heavy atom. The first kappa shape index (κ1) is 9.61. The van der Waals surface area contributed by atoms with Gasteiger partial charge in [-0.3, -0.25) is 0 Å². The van der Waals surface area contributed by atoms with Gasteiger partial charge in [0.2, 0.25) is 0 Å². The Bertz CT molecular complexity index is 358. The highest BCUT2D eigenvalue weighted by Crippen LogP contribution is 2.21. The SMILES string of the molecule is Cc1nc(CNC2CC2)sc1C(=O)O. The molecule has 0 aromatic carbocycles. The molecule has 2 rings (SSSR count). The van der Waals surface area contributed by atoms with Crippen molar-refractivity contribution in [1.82, 2.24) is 10.3 Å². The molecule has 0 bridgehead atoms. The van der Waals surface area contributed by atoms with Crippen LogP contribution in [0.1, 0.15) is 33.2 Å². The molecule has 1 aromatic heterocycles. The largest absolute Gasteiger partial charge is 0.477 e. The minimum Gasteiger partial charge on any atom is -0.477 e. The molecular weight excluding hydrogens is 200 g/mol. The van der Waals surface area contributed by atoms with E-state index in [0.29, 0.717) is 23.2 Å². The lowest BCUT2D eigenvalue weighted by Crippen LogP contribution is -2.14. The van der Waals surface area contributed by atoms with E-state index in [9.17, 15) is 4.79 Å². The summed E-state index contributed by atoms with van der Waals surface area (Å²) in [7, 11) is 0. The summed E-state index contributed by atoms with van der Waals surface area (Å²) in [6.07, 6.45) is 2.46. The van der Waals surface area contributed by atoms with Gasteiger partial charge < -0.3 is 10.4 Å². The van der Waals surface area contributed by atoms with Crippen LogP contribution in [0.5, 0.6) is 0 Å². The number of aryl methyl sites for hydroxylation is 1. The average Bonchev–Trinajstić information content (AvgIpc) is 2.86. The third-order valence-electron chi connectivity index (χ3n) is 2.15. The Morgan fingerprint density at radius 2 is 2.43 bits per heavy atom. The number of carboxylic acids is 1.